The smallest absolute Gasteiger partial charge is 0.326 e. The average Bonchev–Trinajstić information content (AvgIpc) is 2.88. The lowest BCUT2D eigenvalue weighted by Gasteiger charge is -2.34. The molecule has 1 atom stereocenters. The number of carboxylic acids is 1. The maximum Gasteiger partial charge on any atom is 0.326 e. The number of nitrogens with one attached hydrogen (secondary N) is 1. The maximum atomic E-state index is 11.0. The summed E-state index contributed by atoms with van der Waals surface area (Å²) in [4.78, 5) is 11.0. The van der Waals surface area contributed by atoms with E-state index >= 15 is 0 Å². The highest BCUT2D eigenvalue weighted by Crippen LogP contribution is 2.40. The Kier molecular flexibility index (Phi) is 1.81. The van der Waals surface area contributed by atoms with Gasteiger partial charge in [-0.1, -0.05) is 0 Å². The van der Waals surface area contributed by atoms with Crippen LogP contribution in [0.15, 0.2) is 0 Å². The molecule has 2 aliphatic rings. The summed E-state index contributed by atoms with van der Waals surface area (Å²) in [6, 6.07) is 0. The van der Waals surface area contributed by atoms with Gasteiger partial charge >= 0.3 is 5.97 Å². The van der Waals surface area contributed by atoms with Crippen LogP contribution in [-0.2, 0) is 9.53 Å². The van der Waals surface area contributed by atoms with Crippen molar-refractivity contribution in [2.75, 3.05) is 19.8 Å². The third-order valence-corrected chi connectivity index (χ3v) is 2.67. The van der Waals surface area contributed by atoms with Crippen molar-refractivity contribution in [1.29, 1.82) is 0 Å². The Labute approximate surface area is 70.9 Å². The summed E-state index contributed by atoms with van der Waals surface area (Å²) in [5.41, 5.74) is -0.766. The molecule has 4 heteroatoms. The van der Waals surface area contributed by atoms with Crippen LogP contribution in [0.1, 0.15) is 12.8 Å². The topological polar surface area (TPSA) is 58.6 Å². The number of carboxylic acid groups (broad SMARTS) is 1. The van der Waals surface area contributed by atoms with E-state index in [0.717, 1.165) is 12.8 Å². The van der Waals surface area contributed by atoms with Crippen LogP contribution in [0.3, 0.4) is 0 Å². The van der Waals surface area contributed by atoms with E-state index in [2.05, 4.69) is 5.32 Å². The van der Waals surface area contributed by atoms with Gasteiger partial charge in [-0.2, -0.15) is 0 Å². The first-order chi connectivity index (χ1) is 5.76. The molecule has 2 fully saturated rings. The van der Waals surface area contributed by atoms with E-state index in [4.69, 9.17) is 9.84 Å². The van der Waals surface area contributed by atoms with E-state index in [1.54, 1.807) is 0 Å². The van der Waals surface area contributed by atoms with Crippen molar-refractivity contribution >= 4 is 5.97 Å². The SMILES string of the molecule is O=C(O)C1(C2CC2)COCCN1. The van der Waals surface area contributed by atoms with Crippen LogP contribution in [0.2, 0.25) is 0 Å². The molecule has 68 valence electrons. The van der Waals surface area contributed by atoms with Crippen molar-refractivity contribution in [3.05, 3.63) is 0 Å². The number of rotatable bonds is 2. The quantitative estimate of drug-likeness (QED) is 0.606. The molecule has 1 aliphatic carbocycles. The summed E-state index contributed by atoms with van der Waals surface area (Å²) in [6.07, 6.45) is 2.03. The van der Waals surface area contributed by atoms with Crippen molar-refractivity contribution < 1.29 is 14.6 Å². The maximum absolute atomic E-state index is 11.0. The van der Waals surface area contributed by atoms with Crippen molar-refractivity contribution in [2.24, 2.45) is 5.92 Å². The third kappa shape index (κ3) is 1.11. The zero-order valence-electron chi connectivity index (χ0n) is 6.88. The van der Waals surface area contributed by atoms with Crippen LogP contribution in [-0.4, -0.2) is 36.4 Å². The molecule has 4 nitrogen and oxygen atoms in total. The first-order valence-corrected chi connectivity index (χ1v) is 4.32. The zero-order chi connectivity index (χ0) is 8.60. The van der Waals surface area contributed by atoms with E-state index in [1.165, 1.54) is 0 Å². The Morgan fingerprint density at radius 2 is 2.33 bits per heavy atom. The lowest BCUT2D eigenvalue weighted by molar-refractivity contribution is -0.151. The van der Waals surface area contributed by atoms with Crippen LogP contribution >= 0.6 is 0 Å². The van der Waals surface area contributed by atoms with Crippen molar-refractivity contribution in [3.8, 4) is 0 Å². The monoisotopic (exact) mass is 171 g/mol. The Bertz CT molecular complexity index is 194. The predicted molar refractivity (Wildman–Crippen MR) is 41.9 cm³/mol. The number of aliphatic carboxylic acids is 1. The minimum absolute atomic E-state index is 0.287. The minimum Gasteiger partial charge on any atom is -0.480 e. The van der Waals surface area contributed by atoms with Crippen LogP contribution in [0.5, 0.6) is 0 Å². The van der Waals surface area contributed by atoms with Crippen molar-refractivity contribution in [2.45, 2.75) is 18.4 Å². The highest BCUT2D eigenvalue weighted by Gasteiger charge is 2.52. The van der Waals surface area contributed by atoms with E-state index in [1.807, 2.05) is 0 Å². The summed E-state index contributed by atoms with van der Waals surface area (Å²) in [6.45, 7) is 1.61. The Balaban J connectivity index is 2.13. The van der Waals surface area contributed by atoms with Gasteiger partial charge in [0.25, 0.3) is 0 Å². The van der Waals surface area contributed by atoms with Gasteiger partial charge in [0.2, 0.25) is 0 Å². The number of hydrogen-bond donors (Lipinski definition) is 2. The first kappa shape index (κ1) is 8.01. The second kappa shape index (κ2) is 2.71. The molecule has 0 aromatic rings. The number of morpholine rings is 1. The number of carbonyl (C=O) groups is 1. The van der Waals surface area contributed by atoms with Gasteiger partial charge in [0.15, 0.2) is 0 Å². The summed E-state index contributed by atoms with van der Waals surface area (Å²) in [5.74, 6) is -0.472. The van der Waals surface area contributed by atoms with Crippen LogP contribution in [0, 0.1) is 5.92 Å². The third-order valence-electron chi connectivity index (χ3n) is 2.67. The van der Waals surface area contributed by atoms with E-state index in [0.29, 0.717) is 19.8 Å². The van der Waals surface area contributed by atoms with Gasteiger partial charge in [0, 0.05) is 6.54 Å². The van der Waals surface area contributed by atoms with Crippen LogP contribution in [0.25, 0.3) is 0 Å². The summed E-state index contributed by atoms with van der Waals surface area (Å²) in [5, 5.41) is 12.1. The van der Waals surface area contributed by atoms with E-state index in [-0.39, 0.29) is 5.92 Å². The lowest BCUT2D eigenvalue weighted by atomic mass is 9.93. The Morgan fingerprint density at radius 1 is 1.58 bits per heavy atom. The van der Waals surface area contributed by atoms with Gasteiger partial charge in [-0.15, -0.1) is 0 Å². The standard InChI is InChI=1S/C8H13NO3/c10-7(11)8(6-1-2-6)5-12-4-3-9-8/h6,9H,1-5H2,(H,10,11). The van der Waals surface area contributed by atoms with E-state index < -0.39 is 11.5 Å². The largest absolute Gasteiger partial charge is 0.480 e. The minimum atomic E-state index is -0.766. The lowest BCUT2D eigenvalue weighted by Crippen LogP contribution is -2.61. The van der Waals surface area contributed by atoms with Gasteiger partial charge in [0.1, 0.15) is 5.54 Å². The second-order valence-electron chi connectivity index (χ2n) is 3.53. The second-order valence-corrected chi connectivity index (χ2v) is 3.53. The number of ether oxygens (including phenoxy) is 1. The molecular formula is C8H13NO3. The molecule has 1 aliphatic heterocycles. The molecule has 0 aromatic carbocycles. The molecule has 1 saturated carbocycles. The van der Waals surface area contributed by atoms with Crippen LogP contribution < -0.4 is 5.32 Å². The van der Waals surface area contributed by atoms with Gasteiger partial charge in [-0.05, 0) is 18.8 Å². The highest BCUT2D eigenvalue weighted by molar-refractivity contribution is 5.80. The zero-order valence-corrected chi connectivity index (χ0v) is 6.88. The molecule has 0 spiro atoms. The molecule has 0 bridgehead atoms. The van der Waals surface area contributed by atoms with E-state index in [9.17, 15) is 4.79 Å². The fourth-order valence-corrected chi connectivity index (χ4v) is 1.78. The Hall–Kier alpha value is -0.610. The molecule has 1 saturated heterocycles. The Morgan fingerprint density at radius 3 is 2.75 bits per heavy atom. The fraction of sp³-hybridized carbons (Fsp3) is 0.875. The molecule has 0 aromatic heterocycles. The van der Waals surface area contributed by atoms with Gasteiger partial charge in [0.05, 0.1) is 13.2 Å². The van der Waals surface area contributed by atoms with Crippen molar-refractivity contribution in [1.82, 2.24) is 5.32 Å². The molecule has 2 N–H and O–H groups in total. The molecule has 2 rings (SSSR count). The van der Waals surface area contributed by atoms with Gasteiger partial charge < -0.3 is 9.84 Å². The average molecular weight is 171 g/mol. The van der Waals surface area contributed by atoms with Gasteiger partial charge in [-0.3, -0.25) is 10.1 Å². The molecular weight excluding hydrogens is 158 g/mol. The molecule has 1 unspecified atom stereocenters. The highest BCUT2D eigenvalue weighted by atomic mass is 16.5. The fourth-order valence-electron chi connectivity index (χ4n) is 1.78. The first-order valence-electron chi connectivity index (χ1n) is 4.32. The number of hydrogen-bond acceptors (Lipinski definition) is 3. The molecule has 0 radical (unpaired) electrons. The molecule has 0 amide bonds. The molecule has 12 heavy (non-hydrogen) atoms. The normalized spacial score (nSPS) is 36.3. The van der Waals surface area contributed by atoms with Crippen molar-refractivity contribution in [3.63, 3.8) is 0 Å². The predicted octanol–water partition coefficient (Wildman–Crippen LogP) is -0.160. The van der Waals surface area contributed by atoms with Gasteiger partial charge in [-0.25, -0.2) is 0 Å². The summed E-state index contributed by atoms with van der Waals surface area (Å²) < 4.78 is 5.20. The summed E-state index contributed by atoms with van der Waals surface area (Å²) in [7, 11) is 0. The molecule has 1 heterocycles. The summed E-state index contributed by atoms with van der Waals surface area (Å²) >= 11 is 0. The van der Waals surface area contributed by atoms with Crippen LogP contribution in [0.4, 0.5) is 0 Å².